The molecule has 108 valence electrons. The molecule has 0 aromatic heterocycles. The van der Waals surface area contributed by atoms with Crippen LogP contribution in [0.2, 0.25) is 0 Å². The van der Waals surface area contributed by atoms with Crippen LogP contribution in [-0.4, -0.2) is 50.3 Å². The molecule has 1 heterocycles. The molecule has 5 nitrogen and oxygen atoms in total. The van der Waals surface area contributed by atoms with Gasteiger partial charge in [-0.1, -0.05) is 6.42 Å². The predicted molar refractivity (Wildman–Crippen MR) is 71.4 cm³/mol. The summed E-state index contributed by atoms with van der Waals surface area (Å²) in [6, 6.07) is 2.31. The van der Waals surface area contributed by atoms with E-state index in [0.717, 1.165) is 32.4 Å². The van der Waals surface area contributed by atoms with Gasteiger partial charge in [-0.15, -0.1) is 0 Å². The molecule has 0 spiro atoms. The summed E-state index contributed by atoms with van der Waals surface area (Å²) in [7, 11) is 1.38. The summed E-state index contributed by atoms with van der Waals surface area (Å²) in [6.45, 7) is 6.91. The van der Waals surface area contributed by atoms with Gasteiger partial charge in [-0.05, 0) is 33.2 Å². The third kappa shape index (κ3) is 5.58. The number of ether oxygens (including phenoxy) is 2. The zero-order chi connectivity index (χ0) is 14.3. The Bertz CT molecular complexity index is 336. The normalized spacial score (nSPS) is 20.8. The molecule has 0 N–H and O–H groups in total. The monoisotopic (exact) mass is 268 g/mol. The number of carbonyl (C=O) groups excluding carboxylic acids is 1. The number of hydrogen-bond acceptors (Lipinski definition) is 5. The van der Waals surface area contributed by atoms with Gasteiger partial charge in [0.25, 0.3) is 0 Å². The van der Waals surface area contributed by atoms with Gasteiger partial charge >= 0.3 is 5.97 Å². The molecule has 0 radical (unpaired) electrons. The molecule has 5 heteroatoms. The summed E-state index contributed by atoms with van der Waals surface area (Å²) in [5.74, 6) is -0.296. The lowest BCUT2D eigenvalue weighted by Gasteiger charge is -2.31. The summed E-state index contributed by atoms with van der Waals surface area (Å²) in [5.41, 5.74) is -0.237. The minimum absolute atomic E-state index is 0.237. The number of methoxy groups -OCH3 is 1. The first-order valence-corrected chi connectivity index (χ1v) is 6.81. The number of morpholine rings is 1. The molecule has 0 aromatic carbocycles. The summed E-state index contributed by atoms with van der Waals surface area (Å²) >= 11 is 0. The minimum atomic E-state index is -0.450. The number of esters is 1. The summed E-state index contributed by atoms with van der Waals surface area (Å²) < 4.78 is 10.1. The fourth-order valence-corrected chi connectivity index (χ4v) is 2.14. The highest BCUT2D eigenvalue weighted by Gasteiger charge is 2.27. The van der Waals surface area contributed by atoms with Gasteiger partial charge in [0.2, 0.25) is 0 Å². The molecule has 0 saturated carbocycles. The van der Waals surface area contributed by atoms with Crippen LogP contribution < -0.4 is 0 Å². The highest BCUT2D eigenvalue weighted by atomic mass is 16.6. The van der Waals surface area contributed by atoms with Crippen LogP contribution in [0.1, 0.15) is 33.1 Å². The van der Waals surface area contributed by atoms with Crippen molar-refractivity contribution in [2.45, 2.75) is 39.2 Å². The van der Waals surface area contributed by atoms with Crippen LogP contribution in [0.25, 0.3) is 0 Å². The summed E-state index contributed by atoms with van der Waals surface area (Å²) in [6.07, 6.45) is 2.53. The van der Waals surface area contributed by atoms with Crippen molar-refractivity contribution in [2.24, 2.45) is 5.41 Å². The molecule has 1 aliphatic rings. The zero-order valence-corrected chi connectivity index (χ0v) is 12.1. The second-order valence-electron chi connectivity index (χ2n) is 5.64. The molecule has 19 heavy (non-hydrogen) atoms. The van der Waals surface area contributed by atoms with Crippen LogP contribution in [0.5, 0.6) is 0 Å². The number of nitrogens with zero attached hydrogens (tertiary/aromatic N) is 2. The van der Waals surface area contributed by atoms with Crippen molar-refractivity contribution in [1.82, 2.24) is 4.90 Å². The highest BCUT2D eigenvalue weighted by molar-refractivity contribution is 5.74. The van der Waals surface area contributed by atoms with Gasteiger partial charge in [-0.25, -0.2) is 4.79 Å². The van der Waals surface area contributed by atoms with E-state index >= 15 is 0 Å². The molecule has 1 rings (SSSR count). The number of rotatable bonds is 6. The van der Waals surface area contributed by atoms with Gasteiger partial charge in [0.05, 0.1) is 25.2 Å². The lowest BCUT2D eigenvalue weighted by molar-refractivity contribution is -0.159. The van der Waals surface area contributed by atoms with Gasteiger partial charge in [0.1, 0.15) is 0 Å². The average Bonchev–Trinajstić information content (AvgIpc) is 2.43. The molecule has 1 saturated heterocycles. The van der Waals surface area contributed by atoms with Crippen molar-refractivity contribution in [3.05, 3.63) is 0 Å². The number of nitriles is 1. The van der Waals surface area contributed by atoms with E-state index in [2.05, 4.69) is 11.0 Å². The molecule has 0 aliphatic carbocycles. The van der Waals surface area contributed by atoms with Crippen LogP contribution in [-0.2, 0) is 14.3 Å². The fourth-order valence-electron chi connectivity index (χ4n) is 2.14. The van der Waals surface area contributed by atoms with Crippen LogP contribution in [0, 0.1) is 16.7 Å². The van der Waals surface area contributed by atoms with E-state index in [1.54, 1.807) is 0 Å². The van der Waals surface area contributed by atoms with Gasteiger partial charge in [-0.3, -0.25) is 4.90 Å². The van der Waals surface area contributed by atoms with Crippen molar-refractivity contribution in [1.29, 1.82) is 5.26 Å². The standard InChI is InChI=1S/C14H24N2O3/c1-14(2,11-15)6-4-5-7-16-8-9-19-12(10-16)13(17)18-3/h12H,4-10H2,1-3H3. The lowest BCUT2D eigenvalue weighted by atomic mass is 9.89. The number of hydrogen-bond donors (Lipinski definition) is 0. The quantitative estimate of drug-likeness (QED) is 0.540. The maximum atomic E-state index is 11.4. The van der Waals surface area contributed by atoms with Gasteiger partial charge in [0, 0.05) is 13.1 Å². The number of carbonyl (C=O) groups is 1. The molecular formula is C14H24N2O3. The zero-order valence-electron chi connectivity index (χ0n) is 12.1. The first kappa shape index (κ1) is 15.9. The summed E-state index contributed by atoms with van der Waals surface area (Å²) in [5, 5.41) is 8.94. The largest absolute Gasteiger partial charge is 0.467 e. The van der Waals surface area contributed by atoms with Crippen molar-refractivity contribution in [3.63, 3.8) is 0 Å². The fraction of sp³-hybridized carbons (Fsp3) is 0.857. The minimum Gasteiger partial charge on any atom is -0.467 e. The molecular weight excluding hydrogens is 244 g/mol. The van der Waals surface area contributed by atoms with Crippen LogP contribution in [0.3, 0.4) is 0 Å². The van der Waals surface area contributed by atoms with Gasteiger partial charge in [-0.2, -0.15) is 5.26 Å². The Balaban J connectivity index is 2.23. The van der Waals surface area contributed by atoms with Crippen molar-refractivity contribution in [2.75, 3.05) is 33.4 Å². The van der Waals surface area contributed by atoms with E-state index in [1.165, 1.54) is 7.11 Å². The Kier molecular flexibility index (Phi) is 6.26. The molecule has 1 unspecified atom stereocenters. The molecule has 1 aliphatic heterocycles. The van der Waals surface area contributed by atoms with Gasteiger partial charge in [0.15, 0.2) is 6.10 Å². The van der Waals surface area contributed by atoms with Crippen molar-refractivity contribution >= 4 is 5.97 Å². The molecule has 0 bridgehead atoms. The summed E-state index contributed by atoms with van der Waals surface area (Å²) in [4.78, 5) is 13.6. The topological polar surface area (TPSA) is 62.6 Å². The van der Waals surface area contributed by atoms with E-state index in [-0.39, 0.29) is 11.4 Å². The van der Waals surface area contributed by atoms with Crippen LogP contribution >= 0.6 is 0 Å². The van der Waals surface area contributed by atoms with Crippen molar-refractivity contribution < 1.29 is 14.3 Å². The second-order valence-corrected chi connectivity index (χ2v) is 5.64. The highest BCUT2D eigenvalue weighted by Crippen LogP contribution is 2.21. The van der Waals surface area contributed by atoms with Crippen molar-refractivity contribution in [3.8, 4) is 6.07 Å². The Hall–Kier alpha value is -1.12. The molecule has 1 fully saturated rings. The van der Waals surface area contributed by atoms with Gasteiger partial charge < -0.3 is 9.47 Å². The first-order chi connectivity index (χ1) is 8.98. The third-order valence-electron chi connectivity index (χ3n) is 3.44. The molecule has 0 amide bonds. The maximum absolute atomic E-state index is 11.4. The van der Waals surface area contributed by atoms with Crippen LogP contribution in [0.15, 0.2) is 0 Å². The van der Waals surface area contributed by atoms with E-state index in [0.29, 0.717) is 13.2 Å². The Morgan fingerprint density at radius 3 is 2.89 bits per heavy atom. The van der Waals surface area contributed by atoms with E-state index in [1.807, 2.05) is 13.8 Å². The first-order valence-electron chi connectivity index (χ1n) is 6.81. The second kappa shape index (κ2) is 7.46. The SMILES string of the molecule is COC(=O)C1CN(CCCCC(C)(C)C#N)CCO1. The van der Waals surface area contributed by atoms with E-state index in [9.17, 15) is 4.79 Å². The average molecular weight is 268 g/mol. The Morgan fingerprint density at radius 1 is 1.53 bits per heavy atom. The maximum Gasteiger partial charge on any atom is 0.336 e. The van der Waals surface area contributed by atoms with E-state index in [4.69, 9.17) is 14.7 Å². The molecule has 0 aromatic rings. The predicted octanol–water partition coefficient (Wildman–Crippen LogP) is 1.58. The Morgan fingerprint density at radius 2 is 2.26 bits per heavy atom. The smallest absolute Gasteiger partial charge is 0.336 e. The van der Waals surface area contributed by atoms with E-state index < -0.39 is 6.10 Å². The van der Waals surface area contributed by atoms with Crippen LogP contribution in [0.4, 0.5) is 0 Å². The number of unbranched alkanes of at least 4 members (excludes halogenated alkanes) is 1. The Labute approximate surface area is 115 Å². The lowest BCUT2D eigenvalue weighted by Crippen LogP contribution is -2.46. The third-order valence-corrected chi connectivity index (χ3v) is 3.44. The molecule has 1 atom stereocenters.